The first-order valence-corrected chi connectivity index (χ1v) is 7.58. The molecule has 18 heavy (non-hydrogen) atoms. The van der Waals surface area contributed by atoms with Gasteiger partial charge in [-0.25, -0.2) is 0 Å². The molecular weight excluding hydrogens is 238 g/mol. The Hall–Kier alpha value is -1.12. The quantitative estimate of drug-likeness (QED) is 0.811. The van der Waals surface area contributed by atoms with E-state index in [4.69, 9.17) is 0 Å². The van der Waals surface area contributed by atoms with Crippen molar-refractivity contribution in [2.45, 2.75) is 32.7 Å². The van der Waals surface area contributed by atoms with Crippen LogP contribution in [0.2, 0.25) is 0 Å². The number of rotatable bonds is 6. The lowest BCUT2D eigenvalue weighted by molar-refractivity contribution is 0.639. The lowest BCUT2D eigenvalue weighted by atomic mass is 10.0. The van der Waals surface area contributed by atoms with E-state index in [2.05, 4.69) is 60.9 Å². The van der Waals surface area contributed by atoms with Gasteiger partial charge in [0.2, 0.25) is 0 Å². The molecule has 1 N–H and O–H groups in total. The molecule has 0 aliphatic rings. The van der Waals surface area contributed by atoms with Gasteiger partial charge in [-0.2, -0.15) is 0 Å². The normalized spacial score (nSPS) is 12.6. The summed E-state index contributed by atoms with van der Waals surface area (Å²) in [6.07, 6.45) is 2.37. The maximum absolute atomic E-state index is 3.58. The fourth-order valence-corrected chi connectivity index (χ4v) is 3.09. The van der Waals surface area contributed by atoms with E-state index in [9.17, 15) is 0 Å². The number of aryl methyl sites for hydroxylation is 1. The Kier molecular flexibility index (Phi) is 4.97. The molecule has 0 aliphatic carbocycles. The molecule has 1 aromatic heterocycles. The average molecular weight is 259 g/mol. The van der Waals surface area contributed by atoms with E-state index in [0.717, 1.165) is 13.0 Å². The second-order valence-electron chi connectivity index (χ2n) is 4.50. The zero-order chi connectivity index (χ0) is 12.8. The zero-order valence-electron chi connectivity index (χ0n) is 11.1. The highest BCUT2D eigenvalue weighted by Crippen LogP contribution is 2.26. The van der Waals surface area contributed by atoms with Crippen molar-refractivity contribution in [3.8, 4) is 0 Å². The summed E-state index contributed by atoms with van der Waals surface area (Å²) in [6, 6.07) is 13.7. The largest absolute Gasteiger partial charge is 0.306 e. The van der Waals surface area contributed by atoms with Crippen LogP contribution < -0.4 is 5.32 Å². The van der Waals surface area contributed by atoms with E-state index in [0.29, 0.717) is 6.04 Å². The molecule has 0 radical (unpaired) electrons. The molecule has 1 nitrogen and oxygen atoms in total. The van der Waals surface area contributed by atoms with E-state index in [1.165, 1.54) is 22.4 Å². The monoisotopic (exact) mass is 259 g/mol. The second kappa shape index (κ2) is 6.72. The van der Waals surface area contributed by atoms with Crippen LogP contribution in [0.4, 0.5) is 0 Å². The lowest BCUT2D eigenvalue weighted by Gasteiger charge is -2.17. The summed E-state index contributed by atoms with van der Waals surface area (Å²) in [5.41, 5.74) is 2.82. The predicted octanol–water partition coefficient (Wildman–Crippen LogP) is 4.40. The van der Waals surface area contributed by atoms with Crippen molar-refractivity contribution < 1.29 is 0 Å². The Morgan fingerprint density at radius 1 is 1.17 bits per heavy atom. The average Bonchev–Trinajstić information content (AvgIpc) is 2.90. The fraction of sp³-hybridized carbons (Fsp3) is 0.375. The van der Waals surface area contributed by atoms with E-state index in [1.54, 1.807) is 0 Å². The lowest BCUT2D eigenvalue weighted by Crippen LogP contribution is -2.21. The molecule has 2 rings (SSSR count). The van der Waals surface area contributed by atoms with E-state index >= 15 is 0 Å². The highest BCUT2D eigenvalue weighted by Gasteiger charge is 2.13. The summed E-state index contributed by atoms with van der Waals surface area (Å²) in [5, 5.41) is 5.73. The van der Waals surface area contributed by atoms with Crippen molar-refractivity contribution in [3.63, 3.8) is 0 Å². The first-order chi connectivity index (χ1) is 8.85. The number of nitrogens with one attached hydrogen (secondary N) is 1. The smallest absolute Gasteiger partial charge is 0.0671 e. The molecule has 1 aromatic carbocycles. The molecule has 0 fully saturated rings. The molecule has 0 saturated carbocycles. The van der Waals surface area contributed by atoms with Crippen LogP contribution in [0.15, 0.2) is 41.8 Å². The molecule has 0 spiro atoms. The zero-order valence-corrected chi connectivity index (χ0v) is 12.0. The molecule has 1 atom stereocenters. The van der Waals surface area contributed by atoms with Gasteiger partial charge >= 0.3 is 0 Å². The third-order valence-corrected chi connectivity index (χ3v) is 4.00. The van der Waals surface area contributed by atoms with Crippen LogP contribution in [0, 0.1) is 0 Å². The summed E-state index contributed by atoms with van der Waals surface area (Å²) in [5.74, 6) is 0. The van der Waals surface area contributed by atoms with Crippen molar-refractivity contribution in [3.05, 3.63) is 57.8 Å². The Morgan fingerprint density at radius 3 is 2.72 bits per heavy atom. The van der Waals surface area contributed by atoms with E-state index in [-0.39, 0.29) is 0 Å². The Balaban J connectivity index is 2.27. The van der Waals surface area contributed by atoms with Crippen LogP contribution in [0.3, 0.4) is 0 Å². The van der Waals surface area contributed by atoms with Crippen molar-refractivity contribution in [2.24, 2.45) is 0 Å². The Bertz CT molecular complexity index is 462. The van der Waals surface area contributed by atoms with Crippen LogP contribution in [-0.2, 0) is 6.42 Å². The minimum absolute atomic E-state index is 0.340. The molecule has 0 saturated heterocycles. The maximum atomic E-state index is 3.58. The second-order valence-corrected chi connectivity index (χ2v) is 5.48. The molecule has 0 bridgehead atoms. The van der Waals surface area contributed by atoms with Crippen LogP contribution in [-0.4, -0.2) is 6.54 Å². The van der Waals surface area contributed by atoms with Gasteiger partial charge in [-0.15, -0.1) is 11.3 Å². The first kappa shape index (κ1) is 13.3. The molecule has 2 aromatic rings. The summed E-state index contributed by atoms with van der Waals surface area (Å²) in [7, 11) is 0. The fourth-order valence-electron chi connectivity index (χ4n) is 2.26. The third-order valence-electron chi connectivity index (χ3n) is 3.06. The van der Waals surface area contributed by atoms with Crippen molar-refractivity contribution >= 4 is 11.3 Å². The van der Waals surface area contributed by atoms with Gasteiger partial charge in [0, 0.05) is 4.88 Å². The molecule has 2 heteroatoms. The summed E-state index contributed by atoms with van der Waals surface area (Å²) < 4.78 is 0. The maximum Gasteiger partial charge on any atom is 0.0671 e. The van der Waals surface area contributed by atoms with Gasteiger partial charge in [-0.1, -0.05) is 50.6 Å². The van der Waals surface area contributed by atoms with Gasteiger partial charge < -0.3 is 5.32 Å². The summed E-state index contributed by atoms with van der Waals surface area (Å²) >= 11 is 1.82. The summed E-state index contributed by atoms with van der Waals surface area (Å²) in [6.45, 7) is 5.38. The number of benzene rings is 1. The van der Waals surface area contributed by atoms with Crippen molar-refractivity contribution in [1.29, 1.82) is 0 Å². The summed E-state index contributed by atoms with van der Waals surface area (Å²) in [4.78, 5) is 1.39. The minimum Gasteiger partial charge on any atom is -0.306 e. The van der Waals surface area contributed by atoms with Gasteiger partial charge in [-0.3, -0.25) is 0 Å². The van der Waals surface area contributed by atoms with Crippen LogP contribution in [0.5, 0.6) is 0 Å². The van der Waals surface area contributed by atoms with Crippen LogP contribution >= 0.6 is 11.3 Å². The van der Waals surface area contributed by atoms with Crippen LogP contribution in [0.1, 0.15) is 42.3 Å². The molecular formula is C16H21NS. The molecule has 1 heterocycles. The third kappa shape index (κ3) is 3.21. The number of thiophene rings is 1. The molecule has 96 valence electrons. The van der Waals surface area contributed by atoms with Gasteiger partial charge in [0.05, 0.1) is 6.04 Å². The van der Waals surface area contributed by atoms with Crippen molar-refractivity contribution in [1.82, 2.24) is 5.32 Å². The topological polar surface area (TPSA) is 12.0 Å². The SMILES string of the molecule is CCCc1cccc(C(NCC)c2cccs2)c1. The highest BCUT2D eigenvalue weighted by molar-refractivity contribution is 7.10. The molecule has 0 amide bonds. The number of hydrogen-bond donors (Lipinski definition) is 1. The van der Waals surface area contributed by atoms with Gasteiger partial charge in [0.15, 0.2) is 0 Å². The van der Waals surface area contributed by atoms with Crippen molar-refractivity contribution in [2.75, 3.05) is 6.54 Å². The number of hydrogen-bond acceptors (Lipinski definition) is 2. The standard InChI is InChI=1S/C16H21NS/c1-3-7-13-8-5-9-14(12-13)16(17-4-2)15-10-6-11-18-15/h5-6,8-12,16-17H,3-4,7H2,1-2H3. The van der Waals surface area contributed by atoms with E-state index < -0.39 is 0 Å². The van der Waals surface area contributed by atoms with Gasteiger partial charge in [-0.05, 0) is 35.5 Å². The first-order valence-electron chi connectivity index (χ1n) is 6.70. The van der Waals surface area contributed by atoms with Gasteiger partial charge in [0.25, 0.3) is 0 Å². The predicted molar refractivity (Wildman–Crippen MR) is 80.3 cm³/mol. The van der Waals surface area contributed by atoms with E-state index in [1.807, 2.05) is 11.3 Å². The Labute approximate surface area is 114 Å². The van der Waals surface area contributed by atoms with Gasteiger partial charge in [0.1, 0.15) is 0 Å². The highest BCUT2D eigenvalue weighted by atomic mass is 32.1. The minimum atomic E-state index is 0.340. The molecule has 0 aliphatic heterocycles. The Morgan fingerprint density at radius 2 is 2.06 bits per heavy atom. The van der Waals surface area contributed by atoms with Crippen LogP contribution in [0.25, 0.3) is 0 Å². The molecule has 1 unspecified atom stereocenters.